The lowest BCUT2D eigenvalue weighted by Gasteiger charge is -2.39. The monoisotopic (exact) mass is 268 g/mol. The summed E-state index contributed by atoms with van der Waals surface area (Å²) in [5, 5.41) is 8.87. The number of nitrogens with zero attached hydrogens (tertiary/aromatic N) is 1. The number of hydrogen-bond donors (Lipinski definition) is 3. The molecule has 1 heterocycles. The highest BCUT2D eigenvalue weighted by Crippen LogP contribution is 2.18. The summed E-state index contributed by atoms with van der Waals surface area (Å²) in [6.45, 7) is 7.41. The van der Waals surface area contributed by atoms with Gasteiger partial charge in [-0.05, 0) is 26.7 Å². The summed E-state index contributed by atoms with van der Waals surface area (Å²) in [6.07, 6.45) is 2.12. The Morgan fingerprint density at radius 3 is 2.47 bits per heavy atom. The van der Waals surface area contributed by atoms with Crippen molar-refractivity contribution in [2.24, 2.45) is 0 Å². The molecular formula is C13H24N4O2. The molecule has 6 heteroatoms. The van der Waals surface area contributed by atoms with Crippen LogP contribution in [0.25, 0.3) is 0 Å². The van der Waals surface area contributed by atoms with Crippen molar-refractivity contribution in [1.29, 1.82) is 0 Å². The number of amides is 2. The van der Waals surface area contributed by atoms with Crippen LogP contribution in [0, 0.1) is 0 Å². The number of carbonyl (C=O) groups excluding carboxylic acids is 2. The van der Waals surface area contributed by atoms with E-state index in [-0.39, 0.29) is 18.4 Å². The minimum Gasteiger partial charge on any atom is -0.352 e. The van der Waals surface area contributed by atoms with Crippen LogP contribution in [0.5, 0.6) is 0 Å². The third-order valence-electron chi connectivity index (χ3n) is 3.82. The number of carbonyl (C=O) groups is 2. The summed E-state index contributed by atoms with van der Waals surface area (Å²) in [5.74, 6) is -0.174. The third kappa shape index (κ3) is 3.91. The first kappa shape index (κ1) is 14.3. The van der Waals surface area contributed by atoms with Gasteiger partial charge in [0.2, 0.25) is 11.8 Å². The molecule has 0 atom stereocenters. The fraction of sp³-hybridized carbons (Fsp3) is 0.846. The van der Waals surface area contributed by atoms with E-state index in [1.54, 1.807) is 0 Å². The molecule has 0 aromatic rings. The number of piperazine rings is 1. The zero-order valence-corrected chi connectivity index (χ0v) is 11.8. The molecule has 1 saturated carbocycles. The van der Waals surface area contributed by atoms with E-state index in [4.69, 9.17) is 0 Å². The highest BCUT2D eigenvalue weighted by Gasteiger charge is 2.35. The van der Waals surface area contributed by atoms with E-state index in [9.17, 15) is 9.59 Å². The van der Waals surface area contributed by atoms with E-state index in [2.05, 4.69) is 20.9 Å². The second-order valence-electron chi connectivity index (χ2n) is 5.82. The molecule has 1 saturated heterocycles. The summed E-state index contributed by atoms with van der Waals surface area (Å²) in [6, 6.07) is 0.339. The Balaban J connectivity index is 1.77. The summed E-state index contributed by atoms with van der Waals surface area (Å²) in [4.78, 5) is 25.9. The van der Waals surface area contributed by atoms with Crippen LogP contribution in [-0.2, 0) is 9.59 Å². The molecule has 6 nitrogen and oxygen atoms in total. The van der Waals surface area contributed by atoms with E-state index >= 15 is 0 Å². The number of rotatable bonds is 5. The van der Waals surface area contributed by atoms with Gasteiger partial charge in [0, 0.05) is 32.2 Å². The van der Waals surface area contributed by atoms with Gasteiger partial charge in [-0.3, -0.25) is 14.5 Å². The smallest absolute Gasteiger partial charge is 0.240 e. The van der Waals surface area contributed by atoms with Crippen molar-refractivity contribution in [3.63, 3.8) is 0 Å². The molecule has 3 N–H and O–H groups in total. The minimum absolute atomic E-state index is 0.0743. The van der Waals surface area contributed by atoms with E-state index in [0.717, 1.165) is 39.0 Å². The van der Waals surface area contributed by atoms with Crippen molar-refractivity contribution in [2.75, 3.05) is 32.7 Å². The summed E-state index contributed by atoms with van der Waals surface area (Å²) >= 11 is 0. The largest absolute Gasteiger partial charge is 0.352 e. The van der Waals surface area contributed by atoms with Crippen molar-refractivity contribution < 1.29 is 9.59 Å². The third-order valence-corrected chi connectivity index (χ3v) is 3.82. The molecule has 0 unspecified atom stereocenters. The molecule has 2 amide bonds. The molecular weight excluding hydrogens is 244 g/mol. The molecule has 2 aliphatic rings. The molecule has 0 radical (unpaired) electrons. The Kier molecular flexibility index (Phi) is 4.42. The van der Waals surface area contributed by atoms with Gasteiger partial charge >= 0.3 is 0 Å². The number of hydrogen-bond acceptors (Lipinski definition) is 4. The SMILES string of the molecule is CC(C)(C(=O)NCC(=O)NC1CC1)N1CCNCC1. The Bertz CT molecular complexity index is 347. The first-order chi connectivity index (χ1) is 9.00. The lowest BCUT2D eigenvalue weighted by atomic mass is 10.0. The average Bonchev–Trinajstić information content (AvgIpc) is 3.20. The highest BCUT2D eigenvalue weighted by molar-refractivity contribution is 5.89. The van der Waals surface area contributed by atoms with Crippen molar-refractivity contribution in [3.8, 4) is 0 Å². The van der Waals surface area contributed by atoms with Crippen molar-refractivity contribution in [3.05, 3.63) is 0 Å². The molecule has 1 aliphatic heterocycles. The van der Waals surface area contributed by atoms with Crippen LogP contribution in [0.4, 0.5) is 0 Å². The molecule has 0 aromatic carbocycles. The predicted molar refractivity (Wildman–Crippen MR) is 72.7 cm³/mol. The Morgan fingerprint density at radius 1 is 1.26 bits per heavy atom. The van der Waals surface area contributed by atoms with Gasteiger partial charge in [0.15, 0.2) is 0 Å². The first-order valence-corrected chi connectivity index (χ1v) is 7.03. The van der Waals surface area contributed by atoms with Gasteiger partial charge in [0.1, 0.15) is 0 Å². The topological polar surface area (TPSA) is 73.5 Å². The van der Waals surface area contributed by atoms with Gasteiger partial charge in [-0.25, -0.2) is 0 Å². The molecule has 0 bridgehead atoms. The second-order valence-corrected chi connectivity index (χ2v) is 5.82. The van der Waals surface area contributed by atoms with E-state index in [1.165, 1.54) is 0 Å². The summed E-state index contributed by atoms with van der Waals surface area (Å²) in [7, 11) is 0. The van der Waals surface area contributed by atoms with Crippen molar-refractivity contribution >= 4 is 11.8 Å². The summed E-state index contributed by atoms with van der Waals surface area (Å²) < 4.78 is 0. The molecule has 108 valence electrons. The van der Waals surface area contributed by atoms with Gasteiger partial charge < -0.3 is 16.0 Å². The molecule has 19 heavy (non-hydrogen) atoms. The standard InChI is InChI=1S/C13H24N4O2/c1-13(2,17-7-5-14-6-8-17)12(19)15-9-11(18)16-10-3-4-10/h10,14H,3-9H2,1-2H3,(H,15,19)(H,16,18). The van der Waals surface area contributed by atoms with E-state index < -0.39 is 5.54 Å². The molecule has 0 spiro atoms. The minimum atomic E-state index is -0.567. The lowest BCUT2D eigenvalue weighted by Crippen LogP contribution is -2.60. The summed E-state index contributed by atoms with van der Waals surface area (Å²) in [5.41, 5.74) is -0.567. The van der Waals surface area contributed by atoms with Gasteiger partial charge in [-0.15, -0.1) is 0 Å². The fourth-order valence-electron chi connectivity index (χ4n) is 2.25. The van der Waals surface area contributed by atoms with Crippen LogP contribution in [0.1, 0.15) is 26.7 Å². The van der Waals surface area contributed by atoms with Crippen molar-refractivity contribution in [1.82, 2.24) is 20.9 Å². The first-order valence-electron chi connectivity index (χ1n) is 7.03. The average molecular weight is 268 g/mol. The Hall–Kier alpha value is -1.14. The van der Waals surface area contributed by atoms with Crippen LogP contribution in [0.15, 0.2) is 0 Å². The van der Waals surface area contributed by atoms with E-state index in [1.807, 2.05) is 13.8 Å². The molecule has 0 aromatic heterocycles. The lowest BCUT2D eigenvalue weighted by molar-refractivity contribution is -0.134. The second kappa shape index (κ2) is 5.88. The normalized spacial score (nSPS) is 20.9. The Morgan fingerprint density at radius 2 is 1.89 bits per heavy atom. The molecule has 1 aliphatic carbocycles. The maximum atomic E-state index is 12.2. The highest BCUT2D eigenvalue weighted by atomic mass is 16.2. The van der Waals surface area contributed by atoms with Crippen LogP contribution in [0.3, 0.4) is 0 Å². The van der Waals surface area contributed by atoms with Crippen LogP contribution in [0.2, 0.25) is 0 Å². The van der Waals surface area contributed by atoms with Crippen molar-refractivity contribution in [2.45, 2.75) is 38.3 Å². The zero-order chi connectivity index (χ0) is 13.9. The zero-order valence-electron chi connectivity index (χ0n) is 11.8. The van der Waals surface area contributed by atoms with E-state index in [0.29, 0.717) is 6.04 Å². The predicted octanol–water partition coefficient (Wildman–Crippen LogP) is -0.935. The van der Waals surface area contributed by atoms with Gasteiger partial charge in [0.25, 0.3) is 0 Å². The Labute approximate surface area is 114 Å². The maximum Gasteiger partial charge on any atom is 0.240 e. The van der Waals surface area contributed by atoms with Gasteiger partial charge in [0.05, 0.1) is 12.1 Å². The number of nitrogens with one attached hydrogen (secondary N) is 3. The van der Waals surface area contributed by atoms with Crippen LogP contribution in [-0.4, -0.2) is 61.0 Å². The maximum absolute atomic E-state index is 12.2. The van der Waals surface area contributed by atoms with Crippen LogP contribution >= 0.6 is 0 Å². The van der Waals surface area contributed by atoms with Crippen LogP contribution < -0.4 is 16.0 Å². The molecule has 2 rings (SSSR count). The van der Waals surface area contributed by atoms with Gasteiger partial charge in [-0.1, -0.05) is 0 Å². The molecule has 2 fully saturated rings. The van der Waals surface area contributed by atoms with Gasteiger partial charge in [-0.2, -0.15) is 0 Å². The quantitative estimate of drug-likeness (QED) is 0.602. The fourth-order valence-corrected chi connectivity index (χ4v) is 2.25.